The molecule has 0 N–H and O–H groups in total. The fourth-order valence-corrected chi connectivity index (χ4v) is 2.09. The Balaban J connectivity index is 1.78. The maximum absolute atomic E-state index is 5.76. The number of hydrogen-bond donors (Lipinski definition) is 0. The molecule has 5 heteroatoms. The molecular formula is C15H16N4O. The highest BCUT2D eigenvalue weighted by Gasteiger charge is 2.08. The van der Waals surface area contributed by atoms with Crippen LogP contribution in [-0.4, -0.2) is 19.7 Å². The summed E-state index contributed by atoms with van der Waals surface area (Å²) in [5, 5.41) is 5.25. The van der Waals surface area contributed by atoms with Gasteiger partial charge in [-0.2, -0.15) is 5.10 Å². The fraction of sp³-hybridized carbons (Fsp3) is 0.267. The van der Waals surface area contributed by atoms with Crippen LogP contribution in [0.3, 0.4) is 0 Å². The van der Waals surface area contributed by atoms with E-state index in [1.165, 1.54) is 0 Å². The number of pyridine rings is 1. The molecule has 0 fully saturated rings. The Morgan fingerprint density at radius 3 is 2.90 bits per heavy atom. The number of benzene rings is 1. The molecule has 3 aromatic rings. The molecule has 0 aliphatic carbocycles. The van der Waals surface area contributed by atoms with Gasteiger partial charge in [0.1, 0.15) is 18.7 Å². The van der Waals surface area contributed by atoms with Crippen molar-refractivity contribution in [3.05, 3.63) is 48.7 Å². The van der Waals surface area contributed by atoms with E-state index in [2.05, 4.69) is 28.9 Å². The highest BCUT2D eigenvalue weighted by atomic mass is 16.5. The first kappa shape index (κ1) is 12.6. The molecule has 1 aromatic carbocycles. The van der Waals surface area contributed by atoms with E-state index >= 15 is 0 Å². The van der Waals surface area contributed by atoms with Gasteiger partial charge in [0.05, 0.1) is 11.7 Å². The third-order valence-corrected chi connectivity index (χ3v) is 3.07. The van der Waals surface area contributed by atoms with E-state index in [1.54, 1.807) is 12.5 Å². The van der Waals surface area contributed by atoms with Crippen molar-refractivity contribution < 1.29 is 4.74 Å². The Hall–Kier alpha value is -2.43. The number of fused-ring (bicyclic) bond motifs is 1. The number of nitrogens with zero attached hydrogens (tertiary/aromatic N) is 4. The summed E-state index contributed by atoms with van der Waals surface area (Å²) in [6.07, 6.45) is 3.29. The van der Waals surface area contributed by atoms with Crippen LogP contribution in [0, 0.1) is 0 Å². The van der Waals surface area contributed by atoms with Crippen molar-refractivity contribution in [2.24, 2.45) is 0 Å². The van der Waals surface area contributed by atoms with E-state index in [1.807, 2.05) is 35.0 Å². The quantitative estimate of drug-likeness (QED) is 0.730. The fourth-order valence-electron chi connectivity index (χ4n) is 2.09. The average molecular weight is 268 g/mol. The minimum Gasteiger partial charge on any atom is -0.484 e. The summed E-state index contributed by atoms with van der Waals surface area (Å²) in [7, 11) is 0. The van der Waals surface area contributed by atoms with Crippen LogP contribution in [0.15, 0.2) is 42.9 Å². The number of ether oxygens (including phenoxy) is 1. The van der Waals surface area contributed by atoms with Gasteiger partial charge in [0.2, 0.25) is 0 Å². The van der Waals surface area contributed by atoms with Crippen molar-refractivity contribution in [1.82, 2.24) is 19.7 Å². The lowest BCUT2D eigenvalue weighted by atomic mass is 10.2. The molecule has 0 unspecified atom stereocenters. The van der Waals surface area contributed by atoms with E-state index < -0.39 is 0 Å². The first-order valence-electron chi connectivity index (χ1n) is 6.60. The first-order valence-corrected chi connectivity index (χ1v) is 6.60. The summed E-state index contributed by atoms with van der Waals surface area (Å²) in [5.74, 6) is 1.55. The standard InChI is InChI=1S/C15H16N4O/c1-11(2)19-15(17-10-18-19)9-20-13-7-12-5-3-4-6-14(12)16-8-13/h3-8,10-11H,9H2,1-2H3. The number of hydrogen-bond acceptors (Lipinski definition) is 4. The summed E-state index contributed by atoms with van der Waals surface area (Å²) >= 11 is 0. The maximum Gasteiger partial charge on any atom is 0.165 e. The third kappa shape index (κ3) is 2.47. The van der Waals surface area contributed by atoms with Gasteiger partial charge in [-0.15, -0.1) is 0 Å². The van der Waals surface area contributed by atoms with Crippen LogP contribution in [0.5, 0.6) is 5.75 Å². The van der Waals surface area contributed by atoms with Crippen LogP contribution >= 0.6 is 0 Å². The summed E-state index contributed by atoms with van der Waals surface area (Å²) in [4.78, 5) is 8.59. The molecular weight excluding hydrogens is 252 g/mol. The van der Waals surface area contributed by atoms with Gasteiger partial charge in [0.15, 0.2) is 5.82 Å². The second kappa shape index (κ2) is 5.28. The van der Waals surface area contributed by atoms with Crippen molar-refractivity contribution in [2.45, 2.75) is 26.5 Å². The van der Waals surface area contributed by atoms with Crippen LogP contribution in [0.1, 0.15) is 25.7 Å². The third-order valence-electron chi connectivity index (χ3n) is 3.07. The van der Waals surface area contributed by atoms with Crippen LogP contribution in [0.25, 0.3) is 10.9 Å². The Labute approximate surface area is 117 Å². The lowest BCUT2D eigenvalue weighted by Gasteiger charge is -2.10. The number of aromatic nitrogens is 4. The minimum absolute atomic E-state index is 0.269. The molecule has 102 valence electrons. The van der Waals surface area contributed by atoms with Crippen molar-refractivity contribution in [3.8, 4) is 5.75 Å². The lowest BCUT2D eigenvalue weighted by molar-refractivity contribution is 0.282. The minimum atomic E-state index is 0.269. The zero-order chi connectivity index (χ0) is 13.9. The van der Waals surface area contributed by atoms with Crippen molar-refractivity contribution >= 4 is 10.9 Å². The summed E-state index contributed by atoms with van der Waals surface area (Å²) in [5.41, 5.74) is 0.963. The van der Waals surface area contributed by atoms with Gasteiger partial charge in [-0.1, -0.05) is 18.2 Å². The molecule has 20 heavy (non-hydrogen) atoms. The first-order chi connectivity index (χ1) is 9.74. The molecule has 0 aliphatic rings. The number of rotatable bonds is 4. The lowest BCUT2D eigenvalue weighted by Crippen LogP contribution is -2.10. The molecule has 2 heterocycles. The molecule has 0 radical (unpaired) electrons. The smallest absolute Gasteiger partial charge is 0.165 e. The van der Waals surface area contributed by atoms with E-state index in [4.69, 9.17) is 4.74 Å². The van der Waals surface area contributed by atoms with Gasteiger partial charge < -0.3 is 4.74 Å². The zero-order valence-electron chi connectivity index (χ0n) is 11.5. The van der Waals surface area contributed by atoms with Gasteiger partial charge in [0.25, 0.3) is 0 Å². The maximum atomic E-state index is 5.76. The van der Waals surface area contributed by atoms with Gasteiger partial charge in [-0.25, -0.2) is 9.67 Å². The molecule has 5 nitrogen and oxygen atoms in total. The monoisotopic (exact) mass is 268 g/mol. The molecule has 0 bridgehead atoms. The summed E-state index contributed by atoms with van der Waals surface area (Å²) in [6.45, 7) is 4.52. The highest BCUT2D eigenvalue weighted by molar-refractivity contribution is 5.79. The van der Waals surface area contributed by atoms with E-state index in [9.17, 15) is 0 Å². The molecule has 3 rings (SSSR count). The topological polar surface area (TPSA) is 52.8 Å². The second-order valence-electron chi connectivity index (χ2n) is 4.87. The SMILES string of the molecule is CC(C)n1ncnc1COc1cnc2ccccc2c1. The summed E-state index contributed by atoms with van der Waals surface area (Å²) < 4.78 is 7.62. The van der Waals surface area contributed by atoms with Crippen LogP contribution in [0.4, 0.5) is 0 Å². The van der Waals surface area contributed by atoms with Gasteiger partial charge in [0, 0.05) is 11.4 Å². The Bertz CT molecular complexity index is 720. The van der Waals surface area contributed by atoms with Crippen molar-refractivity contribution in [2.75, 3.05) is 0 Å². The second-order valence-corrected chi connectivity index (χ2v) is 4.87. The Morgan fingerprint density at radius 1 is 1.20 bits per heavy atom. The summed E-state index contributed by atoms with van der Waals surface area (Å²) in [6, 6.07) is 10.2. The molecule has 0 spiro atoms. The molecule has 0 atom stereocenters. The van der Waals surface area contributed by atoms with Crippen LogP contribution in [0.2, 0.25) is 0 Å². The normalized spacial score (nSPS) is 11.2. The molecule has 0 amide bonds. The van der Waals surface area contributed by atoms with Gasteiger partial charge in [-0.3, -0.25) is 4.98 Å². The Kier molecular flexibility index (Phi) is 3.33. The predicted molar refractivity (Wildman–Crippen MR) is 76.5 cm³/mol. The van der Waals surface area contributed by atoms with Crippen LogP contribution < -0.4 is 4.74 Å². The van der Waals surface area contributed by atoms with E-state index in [-0.39, 0.29) is 6.04 Å². The predicted octanol–water partition coefficient (Wildman–Crippen LogP) is 2.99. The molecule has 2 aromatic heterocycles. The number of para-hydroxylation sites is 1. The van der Waals surface area contributed by atoms with Gasteiger partial charge >= 0.3 is 0 Å². The highest BCUT2D eigenvalue weighted by Crippen LogP contribution is 2.19. The van der Waals surface area contributed by atoms with E-state index in [0.29, 0.717) is 6.61 Å². The molecule has 0 saturated heterocycles. The van der Waals surface area contributed by atoms with E-state index in [0.717, 1.165) is 22.5 Å². The van der Waals surface area contributed by atoms with Crippen molar-refractivity contribution in [3.63, 3.8) is 0 Å². The largest absolute Gasteiger partial charge is 0.484 e. The average Bonchev–Trinajstić information content (AvgIpc) is 2.93. The molecule has 0 aliphatic heterocycles. The zero-order valence-corrected chi connectivity index (χ0v) is 11.5. The van der Waals surface area contributed by atoms with Crippen molar-refractivity contribution in [1.29, 1.82) is 0 Å². The van der Waals surface area contributed by atoms with Crippen LogP contribution in [-0.2, 0) is 6.61 Å². The van der Waals surface area contributed by atoms with Gasteiger partial charge in [-0.05, 0) is 26.0 Å². The molecule has 0 saturated carbocycles. The Morgan fingerprint density at radius 2 is 2.05 bits per heavy atom.